The second-order valence-electron chi connectivity index (χ2n) is 6.51. The van der Waals surface area contributed by atoms with E-state index in [9.17, 15) is 9.59 Å². The number of aryl methyl sites for hydroxylation is 1. The molecule has 0 bridgehead atoms. The molecule has 2 aromatic rings. The first-order chi connectivity index (χ1) is 13.6. The third-order valence-corrected chi connectivity index (χ3v) is 5.65. The van der Waals surface area contributed by atoms with Gasteiger partial charge in [0.15, 0.2) is 5.16 Å². The Morgan fingerprint density at radius 1 is 1.21 bits per heavy atom. The Balaban J connectivity index is 1.50. The molecule has 0 unspecified atom stereocenters. The van der Waals surface area contributed by atoms with Gasteiger partial charge in [0.05, 0.1) is 25.0 Å². The van der Waals surface area contributed by atoms with Crippen LogP contribution in [0.3, 0.4) is 0 Å². The van der Waals surface area contributed by atoms with Crippen LogP contribution in [0.4, 0.5) is 5.82 Å². The Hall–Kier alpha value is -2.62. The van der Waals surface area contributed by atoms with Crippen LogP contribution in [-0.4, -0.2) is 63.4 Å². The van der Waals surface area contributed by atoms with Gasteiger partial charge in [-0.05, 0) is 13.0 Å². The molecule has 1 aliphatic heterocycles. The van der Waals surface area contributed by atoms with Gasteiger partial charge in [0.2, 0.25) is 11.8 Å². The first kappa shape index (κ1) is 20.1. The molecular weight excluding hydrogens is 378 g/mol. The summed E-state index contributed by atoms with van der Waals surface area (Å²) < 4.78 is 1.93. The normalized spacial score (nSPS) is 14.3. The van der Waals surface area contributed by atoms with E-state index in [-0.39, 0.29) is 18.2 Å². The molecule has 3 N–H and O–H groups in total. The van der Waals surface area contributed by atoms with Crippen molar-refractivity contribution in [2.75, 3.05) is 36.8 Å². The number of nitrogens with one attached hydrogen (secondary N) is 1. The zero-order valence-corrected chi connectivity index (χ0v) is 16.8. The first-order valence-corrected chi connectivity index (χ1v) is 10.4. The highest BCUT2D eigenvalue weighted by atomic mass is 32.2. The molecule has 0 radical (unpaired) electrons. The van der Waals surface area contributed by atoms with Crippen molar-refractivity contribution in [1.82, 2.24) is 19.7 Å². The summed E-state index contributed by atoms with van der Waals surface area (Å²) in [4.78, 5) is 31.0. The second-order valence-corrected chi connectivity index (χ2v) is 7.46. The predicted molar refractivity (Wildman–Crippen MR) is 106 cm³/mol. The Morgan fingerprint density at radius 3 is 2.64 bits per heavy atom. The zero-order chi connectivity index (χ0) is 19.9. The van der Waals surface area contributed by atoms with Crippen LogP contribution in [0, 0.1) is 0 Å². The van der Waals surface area contributed by atoms with Crippen LogP contribution in [0.2, 0.25) is 0 Å². The van der Waals surface area contributed by atoms with Gasteiger partial charge in [-0.2, -0.15) is 0 Å². The van der Waals surface area contributed by atoms with Gasteiger partial charge in [-0.3, -0.25) is 14.5 Å². The summed E-state index contributed by atoms with van der Waals surface area (Å²) in [7, 11) is 0. The lowest BCUT2D eigenvalue weighted by Crippen LogP contribution is -2.50. The van der Waals surface area contributed by atoms with Gasteiger partial charge in [0, 0.05) is 25.5 Å². The largest absolute Gasteiger partial charge is 0.370 e. The fraction of sp³-hybridized carbons (Fsp3) is 0.500. The van der Waals surface area contributed by atoms with Crippen LogP contribution in [0.5, 0.6) is 0 Å². The molecule has 0 saturated carbocycles. The lowest BCUT2D eigenvalue weighted by molar-refractivity contribution is -0.364. The number of anilines is 1. The van der Waals surface area contributed by atoms with E-state index in [1.54, 1.807) is 0 Å². The van der Waals surface area contributed by atoms with E-state index in [1.807, 2.05) is 40.8 Å². The minimum atomic E-state index is -0.359. The van der Waals surface area contributed by atoms with Crippen molar-refractivity contribution in [3.63, 3.8) is 0 Å². The third-order valence-electron chi connectivity index (χ3n) is 4.70. The molecule has 3 rings (SSSR count). The van der Waals surface area contributed by atoms with Crippen molar-refractivity contribution >= 4 is 29.4 Å². The fourth-order valence-corrected chi connectivity index (χ4v) is 4.08. The molecular formula is C18H26N7O2S+. The van der Waals surface area contributed by atoms with E-state index in [4.69, 9.17) is 5.73 Å². The van der Waals surface area contributed by atoms with Gasteiger partial charge in [-0.1, -0.05) is 17.8 Å². The van der Waals surface area contributed by atoms with Crippen LogP contribution in [-0.2, 0) is 22.6 Å². The monoisotopic (exact) mass is 404 g/mol. The number of H-pyrrole nitrogens is 1. The minimum absolute atomic E-state index is 0.103. The summed E-state index contributed by atoms with van der Waals surface area (Å²) in [5, 5.41) is 9.02. The molecule has 2 amide bonds. The van der Waals surface area contributed by atoms with Crippen LogP contribution >= 0.6 is 11.8 Å². The fourth-order valence-electron chi connectivity index (χ4n) is 3.16. The van der Waals surface area contributed by atoms with Crippen LogP contribution < -0.4 is 15.6 Å². The maximum Gasteiger partial charge on any atom is 0.274 e. The molecule has 150 valence electrons. The smallest absolute Gasteiger partial charge is 0.274 e. The molecule has 10 heteroatoms. The first-order valence-electron chi connectivity index (χ1n) is 9.41. The number of thioether (sulfide) groups is 1. The van der Waals surface area contributed by atoms with Gasteiger partial charge in [0.25, 0.3) is 5.82 Å². The number of carbonyl (C=O) groups excluding carboxylic acids is 2. The molecule has 1 fully saturated rings. The zero-order valence-electron chi connectivity index (χ0n) is 16.0. The maximum atomic E-state index is 12.6. The van der Waals surface area contributed by atoms with E-state index in [2.05, 4.69) is 20.1 Å². The summed E-state index contributed by atoms with van der Waals surface area (Å²) in [5.74, 6) is 1.87. The Kier molecular flexibility index (Phi) is 6.85. The number of hydrogen-bond acceptors (Lipinski definition) is 6. The van der Waals surface area contributed by atoms with Gasteiger partial charge >= 0.3 is 0 Å². The van der Waals surface area contributed by atoms with Gasteiger partial charge in [0.1, 0.15) is 18.9 Å². The summed E-state index contributed by atoms with van der Waals surface area (Å²) in [5.41, 5.74) is 5.21. The standard InChI is InChI=1S/C18H25N7O2S/c1-2-25-16(7-6-14(19)26)21-22-18(25)28-13-17(27)24-11-9-23(10-12-24)15-5-3-4-8-20-15/h3-5,8H,2,6-7,9-13H2,1H3,(H2,19,26)/p+1. The molecule has 0 aliphatic carbocycles. The Labute approximate surface area is 168 Å². The average molecular weight is 405 g/mol. The average Bonchev–Trinajstić information content (AvgIpc) is 3.13. The lowest BCUT2D eigenvalue weighted by atomic mass is 10.3. The number of piperazine rings is 1. The molecule has 1 saturated heterocycles. The topological polar surface area (TPSA) is 111 Å². The highest BCUT2D eigenvalue weighted by Gasteiger charge is 2.26. The molecule has 3 heterocycles. The summed E-state index contributed by atoms with van der Waals surface area (Å²) in [6, 6.07) is 6.00. The maximum absolute atomic E-state index is 12.6. The molecule has 1 aliphatic rings. The number of rotatable bonds is 8. The van der Waals surface area contributed by atoms with Gasteiger partial charge in [-0.25, -0.2) is 4.98 Å². The summed E-state index contributed by atoms with van der Waals surface area (Å²) in [6.45, 7) is 5.68. The van der Waals surface area contributed by atoms with Crippen molar-refractivity contribution in [3.05, 3.63) is 30.2 Å². The van der Waals surface area contributed by atoms with Crippen LogP contribution in [0.1, 0.15) is 19.2 Å². The number of amides is 2. The van der Waals surface area contributed by atoms with E-state index in [1.165, 1.54) is 11.8 Å². The highest BCUT2D eigenvalue weighted by Crippen LogP contribution is 2.19. The SMILES string of the molecule is CCn1c(CCC(N)=O)nnc1SCC(=O)N1CCN(c2cccc[nH+]2)CC1. The van der Waals surface area contributed by atoms with E-state index >= 15 is 0 Å². The van der Waals surface area contributed by atoms with Crippen molar-refractivity contribution in [2.45, 2.75) is 31.5 Å². The Morgan fingerprint density at radius 2 is 2.00 bits per heavy atom. The lowest BCUT2D eigenvalue weighted by Gasteiger charge is -2.30. The number of aromatic amines is 1. The number of aromatic nitrogens is 4. The van der Waals surface area contributed by atoms with E-state index in [0.717, 1.165) is 24.7 Å². The van der Waals surface area contributed by atoms with Crippen LogP contribution in [0.25, 0.3) is 0 Å². The van der Waals surface area contributed by atoms with Crippen molar-refractivity contribution < 1.29 is 14.6 Å². The molecule has 0 aromatic carbocycles. The third kappa shape index (κ3) is 5.00. The molecule has 9 nitrogen and oxygen atoms in total. The number of carbonyl (C=O) groups is 2. The quantitative estimate of drug-likeness (QED) is 0.619. The van der Waals surface area contributed by atoms with Gasteiger partial charge in [-0.15, -0.1) is 10.2 Å². The number of pyridine rings is 1. The van der Waals surface area contributed by atoms with Gasteiger partial charge < -0.3 is 15.2 Å². The molecule has 0 atom stereocenters. The predicted octanol–water partition coefficient (Wildman–Crippen LogP) is -0.0291. The molecule has 28 heavy (non-hydrogen) atoms. The Bertz CT molecular complexity index is 804. The second kappa shape index (κ2) is 9.54. The number of hydrogen-bond donors (Lipinski definition) is 1. The number of nitrogens with zero attached hydrogens (tertiary/aromatic N) is 5. The number of primary amides is 1. The number of nitrogens with two attached hydrogens (primary N) is 1. The summed E-state index contributed by atoms with van der Waals surface area (Å²) >= 11 is 1.39. The molecule has 2 aromatic heterocycles. The van der Waals surface area contributed by atoms with Crippen molar-refractivity contribution in [2.24, 2.45) is 5.73 Å². The van der Waals surface area contributed by atoms with E-state index < -0.39 is 0 Å². The van der Waals surface area contributed by atoms with Crippen molar-refractivity contribution in [1.29, 1.82) is 0 Å². The molecule has 0 spiro atoms. The van der Waals surface area contributed by atoms with E-state index in [0.29, 0.717) is 37.0 Å². The minimum Gasteiger partial charge on any atom is -0.370 e. The van der Waals surface area contributed by atoms with Crippen molar-refractivity contribution in [3.8, 4) is 0 Å². The summed E-state index contributed by atoms with van der Waals surface area (Å²) in [6.07, 6.45) is 2.61. The van der Waals surface area contributed by atoms with Crippen LogP contribution in [0.15, 0.2) is 29.6 Å². The highest BCUT2D eigenvalue weighted by molar-refractivity contribution is 7.99.